The van der Waals surface area contributed by atoms with Crippen LogP contribution in [0.2, 0.25) is 0 Å². The number of rotatable bonds is 2. The zero-order valence-electron chi connectivity index (χ0n) is 11.4. The van der Waals surface area contributed by atoms with Crippen molar-refractivity contribution in [2.45, 2.75) is 24.4 Å². The second-order valence-corrected chi connectivity index (χ2v) is 4.25. The molecule has 3 atom stereocenters. The highest BCUT2D eigenvalue weighted by Crippen LogP contribution is 2.41. The van der Waals surface area contributed by atoms with E-state index in [0.29, 0.717) is 4.57 Å². The number of aliphatic hydroxyl groups is 2. The summed E-state index contributed by atoms with van der Waals surface area (Å²) < 4.78 is 32.7. The van der Waals surface area contributed by atoms with Crippen LogP contribution in [0.15, 0.2) is 17.1 Å². The van der Waals surface area contributed by atoms with Crippen LogP contribution in [0.1, 0.15) is 6.23 Å². The number of halogens is 2. The van der Waals surface area contributed by atoms with Crippen LogP contribution < -0.4 is 17.3 Å². The van der Waals surface area contributed by atoms with Crippen molar-refractivity contribution in [3.8, 4) is 0 Å². The predicted molar refractivity (Wildman–Crippen MR) is 68.2 cm³/mol. The van der Waals surface area contributed by atoms with E-state index < -0.39 is 42.8 Å². The second kappa shape index (κ2) is 7.28. The van der Waals surface area contributed by atoms with Gasteiger partial charge in [-0.1, -0.05) is 0 Å². The van der Waals surface area contributed by atoms with Crippen molar-refractivity contribution in [3.05, 3.63) is 22.7 Å². The Morgan fingerprint density at radius 3 is 2.52 bits per heavy atom. The van der Waals surface area contributed by atoms with Gasteiger partial charge in [0, 0.05) is 6.20 Å². The van der Waals surface area contributed by atoms with E-state index in [4.69, 9.17) is 25.5 Å². The van der Waals surface area contributed by atoms with E-state index in [1.54, 1.807) is 0 Å². The summed E-state index contributed by atoms with van der Waals surface area (Å²) in [6.07, 6.45) is -6.16. The molecule has 0 spiro atoms. The average molecular weight is 340 g/mol. The summed E-state index contributed by atoms with van der Waals surface area (Å²) in [5, 5.41) is 25.5. The molecule has 0 bridgehead atoms. The highest BCUT2D eigenvalue weighted by Gasteiger charge is 2.59. The summed E-state index contributed by atoms with van der Waals surface area (Å²) in [5.41, 5.74) is 4.21. The molecule has 0 saturated carbocycles. The van der Waals surface area contributed by atoms with Gasteiger partial charge in [0.2, 0.25) is 6.23 Å². The SMILES string of the molecule is NOC(=O)O.Nc1ccn([C@@H]2O[C@H](CO)[C@@H](O)C2(F)F)c(=O)n1. The number of nitrogens with two attached hydrogens (primary N) is 2. The molecule has 1 aromatic heterocycles. The van der Waals surface area contributed by atoms with E-state index in [2.05, 4.69) is 15.7 Å². The molecule has 13 heteroatoms. The molecule has 0 unspecified atom stereocenters. The fraction of sp³-hybridized carbons (Fsp3) is 0.500. The molecule has 2 rings (SSSR count). The lowest BCUT2D eigenvalue weighted by Crippen LogP contribution is -2.41. The number of nitrogens with zero attached hydrogens (tertiary/aromatic N) is 2. The zero-order chi connectivity index (χ0) is 17.8. The Balaban J connectivity index is 0.000000463. The molecular formula is C10H14F2N4O7. The molecule has 1 aliphatic heterocycles. The topological polar surface area (TPSA) is 183 Å². The summed E-state index contributed by atoms with van der Waals surface area (Å²) in [7, 11) is 0. The zero-order valence-corrected chi connectivity index (χ0v) is 11.4. The van der Waals surface area contributed by atoms with Crippen LogP contribution in [-0.4, -0.2) is 55.8 Å². The van der Waals surface area contributed by atoms with Crippen molar-refractivity contribution in [2.75, 3.05) is 12.3 Å². The maximum atomic E-state index is 13.7. The fourth-order valence-corrected chi connectivity index (χ4v) is 1.72. The Hall–Kier alpha value is -2.35. The van der Waals surface area contributed by atoms with E-state index in [1.807, 2.05) is 0 Å². The Labute approximate surface area is 126 Å². The third-order valence-electron chi connectivity index (χ3n) is 2.76. The van der Waals surface area contributed by atoms with Crippen LogP contribution in [0.5, 0.6) is 0 Å². The number of alkyl halides is 2. The van der Waals surface area contributed by atoms with Crippen LogP contribution >= 0.6 is 0 Å². The van der Waals surface area contributed by atoms with Gasteiger partial charge < -0.3 is 30.6 Å². The van der Waals surface area contributed by atoms with Gasteiger partial charge in [0.1, 0.15) is 11.9 Å². The largest absolute Gasteiger partial charge is 0.524 e. The lowest BCUT2D eigenvalue weighted by Gasteiger charge is -2.20. The van der Waals surface area contributed by atoms with Gasteiger partial charge in [0.05, 0.1) is 6.61 Å². The van der Waals surface area contributed by atoms with Gasteiger partial charge in [-0.25, -0.2) is 9.59 Å². The Morgan fingerprint density at radius 1 is 1.57 bits per heavy atom. The molecule has 0 radical (unpaired) electrons. The summed E-state index contributed by atoms with van der Waals surface area (Å²) in [4.78, 5) is 26.9. The number of carboxylic acid groups (broad SMARTS) is 1. The third-order valence-corrected chi connectivity index (χ3v) is 2.76. The molecule has 23 heavy (non-hydrogen) atoms. The molecular weight excluding hydrogens is 326 g/mol. The maximum absolute atomic E-state index is 13.7. The van der Waals surface area contributed by atoms with Crippen LogP contribution in [-0.2, 0) is 9.57 Å². The first-order valence-electron chi connectivity index (χ1n) is 5.91. The molecule has 0 amide bonds. The molecule has 2 heterocycles. The first-order valence-corrected chi connectivity index (χ1v) is 5.91. The van der Waals surface area contributed by atoms with Crippen LogP contribution in [0.25, 0.3) is 0 Å². The Morgan fingerprint density at radius 2 is 2.13 bits per heavy atom. The monoisotopic (exact) mass is 340 g/mol. The standard InChI is InChI=1S/C9H11F2N3O4.CH3NO3/c10-9(11)6(16)4(3-15)18-7(9)14-2-1-5(12)13-8(14)17;2-5-1(3)4/h1-2,4,6-7,15-16H,3H2,(H2,12,13,17);2H2,(H,3,4)/t4-,6-,7-;/m1./s1. The summed E-state index contributed by atoms with van der Waals surface area (Å²) in [5.74, 6) is 0.244. The fourth-order valence-electron chi connectivity index (χ4n) is 1.72. The van der Waals surface area contributed by atoms with E-state index >= 15 is 0 Å². The van der Waals surface area contributed by atoms with Gasteiger partial charge in [-0.2, -0.15) is 19.7 Å². The van der Waals surface area contributed by atoms with Crippen molar-refractivity contribution < 1.29 is 38.5 Å². The lowest BCUT2D eigenvalue weighted by atomic mass is 10.1. The second-order valence-electron chi connectivity index (χ2n) is 4.25. The number of aromatic nitrogens is 2. The lowest BCUT2D eigenvalue weighted by molar-refractivity contribution is -0.140. The molecule has 1 aromatic rings. The van der Waals surface area contributed by atoms with E-state index in [1.165, 1.54) is 0 Å². The van der Waals surface area contributed by atoms with E-state index in [9.17, 15) is 18.7 Å². The third kappa shape index (κ3) is 4.10. The summed E-state index contributed by atoms with van der Waals surface area (Å²) in [6, 6.07) is 1.15. The molecule has 0 aromatic carbocycles. The van der Waals surface area contributed by atoms with E-state index in [0.717, 1.165) is 12.3 Å². The highest BCUT2D eigenvalue weighted by atomic mass is 19.3. The van der Waals surface area contributed by atoms with Crippen molar-refractivity contribution in [3.63, 3.8) is 0 Å². The van der Waals surface area contributed by atoms with Gasteiger partial charge >= 0.3 is 17.8 Å². The number of nitrogen functional groups attached to an aromatic ring is 1. The molecule has 1 aliphatic rings. The van der Waals surface area contributed by atoms with Crippen LogP contribution in [0, 0.1) is 0 Å². The van der Waals surface area contributed by atoms with Crippen molar-refractivity contribution in [1.29, 1.82) is 0 Å². The molecule has 130 valence electrons. The molecule has 1 saturated heterocycles. The van der Waals surface area contributed by atoms with Gasteiger partial charge in [-0.3, -0.25) is 4.57 Å². The number of carbonyl (C=O) groups is 1. The minimum Gasteiger partial charge on any atom is -0.448 e. The first-order chi connectivity index (χ1) is 10.6. The number of anilines is 1. The van der Waals surface area contributed by atoms with Gasteiger partial charge in [0.25, 0.3) is 0 Å². The summed E-state index contributed by atoms with van der Waals surface area (Å²) in [6.45, 7) is -0.787. The average Bonchev–Trinajstić information content (AvgIpc) is 2.71. The molecule has 1 fully saturated rings. The van der Waals surface area contributed by atoms with Crippen molar-refractivity contribution >= 4 is 12.0 Å². The predicted octanol–water partition coefficient (Wildman–Crippen LogP) is -1.73. The number of hydrogen-bond donors (Lipinski definition) is 5. The van der Waals surface area contributed by atoms with Gasteiger partial charge in [0.15, 0.2) is 6.10 Å². The normalized spacial score (nSPS) is 25.3. The Bertz CT molecular complexity index is 611. The quantitative estimate of drug-likeness (QED) is 0.387. The van der Waals surface area contributed by atoms with Gasteiger partial charge in [-0.15, -0.1) is 0 Å². The van der Waals surface area contributed by atoms with Crippen LogP contribution in [0.3, 0.4) is 0 Å². The molecule has 0 aliphatic carbocycles. The number of ether oxygens (including phenoxy) is 1. The minimum absolute atomic E-state index is 0.114. The summed E-state index contributed by atoms with van der Waals surface area (Å²) >= 11 is 0. The Kier molecular flexibility index (Phi) is 5.91. The smallest absolute Gasteiger partial charge is 0.448 e. The van der Waals surface area contributed by atoms with Gasteiger partial charge in [-0.05, 0) is 6.07 Å². The maximum Gasteiger partial charge on any atom is 0.524 e. The first kappa shape index (κ1) is 18.7. The van der Waals surface area contributed by atoms with Crippen LogP contribution in [0.4, 0.5) is 19.4 Å². The molecule has 7 N–H and O–H groups in total. The number of hydrogen-bond acceptors (Lipinski definition) is 9. The molecule has 11 nitrogen and oxygen atoms in total. The van der Waals surface area contributed by atoms with Crippen molar-refractivity contribution in [2.24, 2.45) is 5.90 Å². The minimum atomic E-state index is -3.71. The van der Waals surface area contributed by atoms with Crippen molar-refractivity contribution in [1.82, 2.24) is 9.55 Å². The number of aliphatic hydroxyl groups excluding tert-OH is 2. The highest BCUT2D eigenvalue weighted by molar-refractivity contribution is 5.56. The van der Waals surface area contributed by atoms with E-state index in [-0.39, 0.29) is 5.82 Å².